The minimum atomic E-state index is -0.192. The van der Waals surface area contributed by atoms with Crippen LogP contribution in [0.15, 0.2) is 66.7 Å². The molecule has 0 saturated heterocycles. The zero-order valence-electron chi connectivity index (χ0n) is 20.7. The smallest absolute Gasteiger partial charge is 0.322 e. The van der Waals surface area contributed by atoms with E-state index < -0.39 is 0 Å². The highest BCUT2D eigenvalue weighted by Gasteiger charge is 2.29. The fourth-order valence-corrected chi connectivity index (χ4v) is 5.62. The maximum absolute atomic E-state index is 13.7. The predicted octanol–water partition coefficient (Wildman–Crippen LogP) is 6.76. The van der Waals surface area contributed by atoms with Crippen molar-refractivity contribution >= 4 is 29.0 Å². The molecule has 4 rings (SSSR count). The molecule has 1 saturated carbocycles. The van der Waals surface area contributed by atoms with E-state index in [1.54, 1.807) is 16.2 Å². The summed E-state index contributed by atoms with van der Waals surface area (Å²) in [5.41, 5.74) is 2.93. The first-order chi connectivity index (χ1) is 17.0. The molecule has 1 aromatic heterocycles. The van der Waals surface area contributed by atoms with Crippen molar-refractivity contribution in [2.24, 2.45) is 0 Å². The van der Waals surface area contributed by atoms with Crippen molar-refractivity contribution in [1.29, 1.82) is 0 Å². The molecular formula is C29H35N3O2S. The van der Waals surface area contributed by atoms with Gasteiger partial charge < -0.3 is 15.1 Å². The molecule has 0 spiro atoms. The van der Waals surface area contributed by atoms with Crippen molar-refractivity contribution in [2.45, 2.75) is 65.1 Å². The zero-order valence-corrected chi connectivity index (χ0v) is 21.5. The number of benzene rings is 2. The number of thiophene rings is 1. The third kappa shape index (κ3) is 7.18. The van der Waals surface area contributed by atoms with Gasteiger partial charge in [-0.2, -0.15) is 0 Å². The van der Waals surface area contributed by atoms with Crippen LogP contribution in [0.25, 0.3) is 0 Å². The molecule has 1 fully saturated rings. The highest BCUT2D eigenvalue weighted by atomic mass is 32.1. The number of carbonyl (C=O) groups is 2. The lowest BCUT2D eigenvalue weighted by Crippen LogP contribution is -2.49. The largest absolute Gasteiger partial charge is 0.332 e. The first kappa shape index (κ1) is 25.0. The van der Waals surface area contributed by atoms with E-state index in [1.807, 2.05) is 66.4 Å². The summed E-state index contributed by atoms with van der Waals surface area (Å²) in [7, 11) is 0. The van der Waals surface area contributed by atoms with Crippen molar-refractivity contribution < 1.29 is 9.59 Å². The number of nitrogens with zero attached hydrogens (tertiary/aromatic N) is 2. The van der Waals surface area contributed by atoms with Gasteiger partial charge in [-0.1, -0.05) is 61.7 Å². The van der Waals surface area contributed by atoms with Gasteiger partial charge in [0.1, 0.15) is 6.54 Å². The Morgan fingerprint density at radius 2 is 1.69 bits per heavy atom. The number of rotatable bonds is 8. The second-order valence-corrected chi connectivity index (χ2v) is 10.8. The van der Waals surface area contributed by atoms with Gasteiger partial charge in [-0.3, -0.25) is 4.79 Å². The lowest BCUT2D eigenvalue weighted by Gasteiger charge is -2.35. The summed E-state index contributed by atoms with van der Waals surface area (Å²) in [6.45, 7) is 5.24. The molecule has 3 amide bonds. The Bertz CT molecular complexity index is 1120. The molecule has 2 aromatic carbocycles. The number of nitrogens with one attached hydrogen (secondary N) is 1. The number of hydrogen-bond acceptors (Lipinski definition) is 3. The molecule has 1 aliphatic carbocycles. The molecule has 1 aliphatic rings. The standard InChI is InChI=1S/C29H35N3O2S/c1-22-10-9-13-25(18-22)30-29(34)32(26-14-7-4-8-15-26)21-28(33)31(19-24-11-5-3-6-12-24)20-27-17-16-23(2)35-27/h3,5-6,9-13,16-18,26H,4,7-8,14-15,19-21H2,1-2H3,(H,30,34). The van der Waals surface area contributed by atoms with Crippen molar-refractivity contribution in [2.75, 3.05) is 11.9 Å². The lowest BCUT2D eigenvalue weighted by molar-refractivity contribution is -0.133. The summed E-state index contributed by atoms with van der Waals surface area (Å²) < 4.78 is 0. The van der Waals surface area contributed by atoms with Gasteiger partial charge in [0.25, 0.3) is 0 Å². The SMILES string of the molecule is Cc1cccc(NC(=O)N(CC(=O)N(Cc2ccccc2)Cc2ccc(C)s2)C2CCCCC2)c1. The van der Waals surface area contributed by atoms with Crippen molar-refractivity contribution in [3.8, 4) is 0 Å². The molecule has 35 heavy (non-hydrogen) atoms. The summed E-state index contributed by atoms with van der Waals surface area (Å²) in [4.78, 5) is 33.2. The highest BCUT2D eigenvalue weighted by Crippen LogP contribution is 2.25. The van der Waals surface area contributed by atoms with Crippen LogP contribution in [0.3, 0.4) is 0 Å². The van der Waals surface area contributed by atoms with Gasteiger partial charge in [0, 0.05) is 28.0 Å². The molecule has 5 nitrogen and oxygen atoms in total. The summed E-state index contributed by atoms with van der Waals surface area (Å²) in [6, 6.07) is 21.9. The van der Waals surface area contributed by atoms with E-state index in [9.17, 15) is 9.59 Å². The predicted molar refractivity (Wildman–Crippen MR) is 144 cm³/mol. The van der Waals surface area contributed by atoms with Crippen LogP contribution >= 0.6 is 11.3 Å². The van der Waals surface area contributed by atoms with E-state index in [1.165, 1.54) is 11.3 Å². The minimum Gasteiger partial charge on any atom is -0.332 e. The van der Waals surface area contributed by atoms with Gasteiger partial charge in [-0.25, -0.2) is 4.79 Å². The van der Waals surface area contributed by atoms with Crippen molar-refractivity contribution in [3.05, 3.63) is 87.6 Å². The Morgan fingerprint density at radius 1 is 0.914 bits per heavy atom. The Kier molecular flexibility index (Phi) is 8.59. The summed E-state index contributed by atoms with van der Waals surface area (Å²) in [5, 5.41) is 3.05. The molecule has 0 unspecified atom stereocenters. The van der Waals surface area contributed by atoms with Gasteiger partial charge in [-0.05, 0) is 62.1 Å². The van der Waals surface area contributed by atoms with E-state index in [-0.39, 0.29) is 24.5 Å². The number of anilines is 1. The van der Waals surface area contributed by atoms with E-state index in [0.717, 1.165) is 47.4 Å². The van der Waals surface area contributed by atoms with Crippen LogP contribution in [-0.2, 0) is 17.9 Å². The molecule has 3 aromatic rings. The topological polar surface area (TPSA) is 52.7 Å². The number of carbonyl (C=O) groups excluding carboxylic acids is 2. The summed E-state index contributed by atoms with van der Waals surface area (Å²) >= 11 is 1.71. The number of aryl methyl sites for hydroxylation is 2. The number of urea groups is 1. The van der Waals surface area contributed by atoms with Gasteiger partial charge in [0.2, 0.25) is 5.91 Å². The number of amides is 3. The van der Waals surface area contributed by atoms with E-state index in [4.69, 9.17) is 0 Å². The second kappa shape index (κ2) is 12.0. The van der Waals surface area contributed by atoms with Crippen LogP contribution in [0.1, 0.15) is 53.0 Å². The molecule has 6 heteroatoms. The first-order valence-electron chi connectivity index (χ1n) is 12.5. The fourth-order valence-electron chi connectivity index (χ4n) is 4.72. The van der Waals surface area contributed by atoms with E-state index in [2.05, 4.69) is 24.4 Å². The Labute approximate surface area is 212 Å². The Hall–Kier alpha value is -3.12. The first-order valence-corrected chi connectivity index (χ1v) is 13.3. The molecule has 184 valence electrons. The lowest BCUT2D eigenvalue weighted by atomic mass is 9.94. The molecular weight excluding hydrogens is 454 g/mol. The molecule has 1 heterocycles. The van der Waals surface area contributed by atoms with Crippen LogP contribution < -0.4 is 5.32 Å². The van der Waals surface area contributed by atoms with Crippen molar-refractivity contribution in [3.63, 3.8) is 0 Å². The Morgan fingerprint density at radius 3 is 2.37 bits per heavy atom. The average Bonchev–Trinajstić information content (AvgIpc) is 3.27. The van der Waals surface area contributed by atoms with Gasteiger partial charge in [0.15, 0.2) is 0 Å². The molecule has 0 atom stereocenters. The monoisotopic (exact) mass is 489 g/mol. The third-order valence-corrected chi connectivity index (χ3v) is 7.55. The molecule has 0 radical (unpaired) electrons. The van der Waals surface area contributed by atoms with Crippen LogP contribution in [0.5, 0.6) is 0 Å². The zero-order chi connectivity index (χ0) is 24.6. The average molecular weight is 490 g/mol. The van der Waals surface area contributed by atoms with Crippen LogP contribution in [0.2, 0.25) is 0 Å². The van der Waals surface area contributed by atoms with Gasteiger partial charge in [-0.15, -0.1) is 11.3 Å². The Balaban J connectivity index is 1.54. The maximum atomic E-state index is 13.7. The molecule has 0 aliphatic heterocycles. The maximum Gasteiger partial charge on any atom is 0.322 e. The normalized spacial score (nSPS) is 13.9. The van der Waals surface area contributed by atoms with Crippen LogP contribution in [0, 0.1) is 13.8 Å². The highest BCUT2D eigenvalue weighted by molar-refractivity contribution is 7.11. The van der Waals surface area contributed by atoms with Crippen LogP contribution in [-0.4, -0.2) is 34.3 Å². The molecule has 0 bridgehead atoms. The second-order valence-electron chi connectivity index (χ2n) is 9.47. The van der Waals surface area contributed by atoms with Gasteiger partial charge >= 0.3 is 6.03 Å². The summed E-state index contributed by atoms with van der Waals surface area (Å²) in [5.74, 6) is -0.0233. The van der Waals surface area contributed by atoms with Crippen molar-refractivity contribution in [1.82, 2.24) is 9.80 Å². The van der Waals surface area contributed by atoms with E-state index >= 15 is 0 Å². The summed E-state index contributed by atoms with van der Waals surface area (Å²) in [6.07, 6.45) is 5.26. The fraction of sp³-hybridized carbons (Fsp3) is 0.379. The van der Waals surface area contributed by atoms with E-state index in [0.29, 0.717) is 13.1 Å². The van der Waals surface area contributed by atoms with Gasteiger partial charge in [0.05, 0.1) is 6.54 Å². The molecule has 1 N–H and O–H groups in total. The minimum absolute atomic E-state index is 0.0233. The number of hydrogen-bond donors (Lipinski definition) is 1. The third-order valence-electron chi connectivity index (χ3n) is 6.56. The van der Waals surface area contributed by atoms with Crippen LogP contribution in [0.4, 0.5) is 10.5 Å². The quantitative estimate of drug-likeness (QED) is 0.380.